The lowest BCUT2D eigenvalue weighted by atomic mass is 9.90. The van der Waals surface area contributed by atoms with Crippen LogP contribution < -0.4 is 10.6 Å². The van der Waals surface area contributed by atoms with E-state index in [2.05, 4.69) is 53.9 Å². The van der Waals surface area contributed by atoms with Crippen molar-refractivity contribution < 1.29 is 4.79 Å². The largest absolute Gasteiger partial charge is 0.336 e. The zero-order valence-electron chi connectivity index (χ0n) is 17.3. The van der Waals surface area contributed by atoms with Crippen LogP contribution in [0.2, 0.25) is 5.02 Å². The van der Waals surface area contributed by atoms with Gasteiger partial charge in [0.1, 0.15) is 0 Å². The fourth-order valence-electron chi connectivity index (χ4n) is 2.87. The van der Waals surface area contributed by atoms with Crippen LogP contribution in [-0.2, 0) is 5.41 Å². The molecule has 0 fully saturated rings. The van der Waals surface area contributed by atoms with Gasteiger partial charge in [0.2, 0.25) is 0 Å². The number of carbonyl (C=O) groups is 1. The number of hydrogen-bond acceptors (Lipinski definition) is 3. The summed E-state index contributed by atoms with van der Waals surface area (Å²) in [6.45, 7) is 10.3. The normalized spacial score (nSPS) is 11.6. The van der Waals surface area contributed by atoms with Crippen LogP contribution in [0.5, 0.6) is 0 Å². The molecule has 0 bridgehead atoms. The first kappa shape index (κ1) is 21.3. The van der Waals surface area contributed by atoms with Crippen molar-refractivity contribution in [1.29, 1.82) is 0 Å². The minimum absolute atomic E-state index is 0.00284. The Bertz CT molecular complexity index is 1020. The van der Waals surface area contributed by atoms with Crippen molar-refractivity contribution >= 4 is 34.7 Å². The van der Waals surface area contributed by atoms with Crippen LogP contribution in [0.15, 0.2) is 48.0 Å². The van der Waals surface area contributed by atoms with E-state index in [1.165, 1.54) is 0 Å². The molecular formula is C23H26ClN3OS. The molecule has 0 saturated carbocycles. The third-order valence-corrected chi connectivity index (χ3v) is 5.65. The Morgan fingerprint density at radius 3 is 2.52 bits per heavy atom. The molecule has 2 aromatic heterocycles. The second-order valence-corrected chi connectivity index (χ2v) is 9.65. The van der Waals surface area contributed by atoms with Gasteiger partial charge in [-0.05, 0) is 66.8 Å². The Hall–Kier alpha value is -2.37. The molecule has 1 aromatic carbocycles. The molecular weight excluding hydrogens is 402 g/mol. The summed E-state index contributed by atoms with van der Waals surface area (Å²) >= 11 is 8.17. The van der Waals surface area contributed by atoms with Gasteiger partial charge in [-0.2, -0.15) is 0 Å². The molecule has 0 aliphatic heterocycles. The first-order chi connectivity index (χ1) is 13.6. The number of rotatable bonds is 4. The Morgan fingerprint density at radius 1 is 1.10 bits per heavy atom. The fourth-order valence-corrected chi connectivity index (χ4v) is 4.17. The van der Waals surface area contributed by atoms with Gasteiger partial charge in [0.25, 0.3) is 0 Å². The van der Waals surface area contributed by atoms with E-state index in [4.69, 9.17) is 11.6 Å². The average molecular weight is 428 g/mol. The standard InChI is InChI=1S/C23H26ClN3OS/c1-14(2)26-22(28)27-17-6-7-18(19(24)12-17)20-10-16(13-29-20)15-8-9-25-21(11-15)23(3,4)5/h6-14H,1-5H3,(H2,26,27,28). The summed E-state index contributed by atoms with van der Waals surface area (Å²) < 4.78 is 0. The summed E-state index contributed by atoms with van der Waals surface area (Å²) in [4.78, 5) is 17.5. The lowest BCUT2D eigenvalue weighted by molar-refractivity contribution is 0.250. The maximum absolute atomic E-state index is 11.9. The minimum Gasteiger partial charge on any atom is -0.336 e. The van der Waals surface area contributed by atoms with Crippen LogP contribution in [0.25, 0.3) is 21.6 Å². The summed E-state index contributed by atoms with van der Waals surface area (Å²) in [5.74, 6) is 0. The molecule has 2 amide bonds. The van der Waals surface area contributed by atoms with Crippen molar-refractivity contribution in [1.82, 2.24) is 10.3 Å². The van der Waals surface area contributed by atoms with Crippen molar-refractivity contribution in [3.8, 4) is 21.6 Å². The SMILES string of the molecule is CC(C)NC(=O)Nc1ccc(-c2cc(-c3ccnc(C(C)(C)C)c3)cs2)c(Cl)c1. The van der Waals surface area contributed by atoms with E-state index in [9.17, 15) is 4.79 Å². The molecule has 0 spiro atoms. The summed E-state index contributed by atoms with van der Waals surface area (Å²) in [5, 5.41) is 8.34. The lowest BCUT2D eigenvalue weighted by Gasteiger charge is -2.18. The van der Waals surface area contributed by atoms with Crippen molar-refractivity contribution in [2.45, 2.75) is 46.1 Å². The van der Waals surface area contributed by atoms with E-state index in [0.29, 0.717) is 10.7 Å². The quantitative estimate of drug-likeness (QED) is 0.472. The van der Waals surface area contributed by atoms with Gasteiger partial charge >= 0.3 is 6.03 Å². The molecule has 6 heteroatoms. The van der Waals surface area contributed by atoms with E-state index in [0.717, 1.165) is 27.3 Å². The van der Waals surface area contributed by atoms with Crippen LogP contribution in [-0.4, -0.2) is 17.1 Å². The number of hydrogen-bond donors (Lipinski definition) is 2. The third kappa shape index (κ3) is 5.37. The predicted molar refractivity (Wildman–Crippen MR) is 124 cm³/mol. The molecule has 4 nitrogen and oxygen atoms in total. The molecule has 0 radical (unpaired) electrons. The number of carbonyl (C=O) groups excluding carboxylic acids is 1. The van der Waals surface area contributed by atoms with E-state index >= 15 is 0 Å². The maximum Gasteiger partial charge on any atom is 0.319 e. The van der Waals surface area contributed by atoms with Gasteiger partial charge in [-0.1, -0.05) is 32.4 Å². The highest BCUT2D eigenvalue weighted by molar-refractivity contribution is 7.14. The van der Waals surface area contributed by atoms with Gasteiger partial charge in [0, 0.05) is 39.5 Å². The van der Waals surface area contributed by atoms with Gasteiger partial charge in [0.05, 0.1) is 5.02 Å². The second kappa shape index (κ2) is 8.56. The van der Waals surface area contributed by atoms with Crippen LogP contribution in [0.3, 0.4) is 0 Å². The topological polar surface area (TPSA) is 54.0 Å². The smallest absolute Gasteiger partial charge is 0.319 e. The van der Waals surface area contributed by atoms with Gasteiger partial charge in [-0.15, -0.1) is 11.3 Å². The summed E-state index contributed by atoms with van der Waals surface area (Å²) in [5.41, 5.74) is 4.97. The molecule has 0 saturated heterocycles. The Balaban J connectivity index is 1.83. The number of nitrogens with one attached hydrogen (secondary N) is 2. The number of halogens is 1. The highest BCUT2D eigenvalue weighted by Crippen LogP contribution is 2.37. The highest BCUT2D eigenvalue weighted by atomic mass is 35.5. The maximum atomic E-state index is 11.9. The van der Waals surface area contributed by atoms with Crippen molar-refractivity contribution in [3.05, 3.63) is 58.7 Å². The predicted octanol–water partition coefficient (Wildman–Crippen LogP) is 6.96. The molecule has 3 aromatic rings. The molecule has 152 valence electrons. The molecule has 29 heavy (non-hydrogen) atoms. The molecule has 2 heterocycles. The van der Waals surface area contributed by atoms with Crippen molar-refractivity contribution in [2.75, 3.05) is 5.32 Å². The second-order valence-electron chi connectivity index (χ2n) is 8.33. The molecule has 0 aliphatic rings. The van der Waals surface area contributed by atoms with Gasteiger partial charge in [-0.3, -0.25) is 4.98 Å². The fraction of sp³-hybridized carbons (Fsp3) is 0.304. The zero-order valence-corrected chi connectivity index (χ0v) is 18.9. The molecule has 0 aliphatic carbocycles. The number of nitrogens with zero attached hydrogens (tertiary/aromatic N) is 1. The summed E-state index contributed by atoms with van der Waals surface area (Å²) in [7, 11) is 0. The number of amides is 2. The van der Waals surface area contributed by atoms with Gasteiger partial charge < -0.3 is 10.6 Å². The molecule has 2 N–H and O–H groups in total. The highest BCUT2D eigenvalue weighted by Gasteiger charge is 2.16. The van der Waals surface area contributed by atoms with Crippen LogP contribution in [0, 0.1) is 0 Å². The Morgan fingerprint density at radius 2 is 1.86 bits per heavy atom. The Kier molecular flexibility index (Phi) is 6.30. The zero-order chi connectivity index (χ0) is 21.2. The molecule has 3 rings (SSSR count). The number of benzene rings is 1. The van der Waals surface area contributed by atoms with Gasteiger partial charge in [0.15, 0.2) is 0 Å². The van der Waals surface area contributed by atoms with E-state index in [1.807, 2.05) is 38.2 Å². The minimum atomic E-state index is -0.241. The monoisotopic (exact) mass is 427 g/mol. The number of thiophene rings is 1. The van der Waals surface area contributed by atoms with Gasteiger partial charge in [-0.25, -0.2) is 4.79 Å². The van der Waals surface area contributed by atoms with Crippen LogP contribution in [0.4, 0.5) is 10.5 Å². The van der Waals surface area contributed by atoms with Crippen LogP contribution >= 0.6 is 22.9 Å². The van der Waals surface area contributed by atoms with Crippen LogP contribution in [0.1, 0.15) is 40.3 Å². The number of pyridine rings is 1. The first-order valence-corrected chi connectivity index (χ1v) is 10.8. The average Bonchev–Trinajstić information content (AvgIpc) is 3.10. The summed E-state index contributed by atoms with van der Waals surface area (Å²) in [6, 6.07) is 11.7. The number of urea groups is 1. The molecule has 0 unspecified atom stereocenters. The third-order valence-electron chi connectivity index (χ3n) is 4.37. The van der Waals surface area contributed by atoms with Crippen molar-refractivity contribution in [2.24, 2.45) is 0 Å². The van der Waals surface area contributed by atoms with E-state index in [1.54, 1.807) is 17.4 Å². The molecule has 0 atom stereocenters. The Labute approximate surface area is 181 Å². The van der Waals surface area contributed by atoms with E-state index < -0.39 is 0 Å². The lowest BCUT2D eigenvalue weighted by Crippen LogP contribution is -2.34. The number of anilines is 1. The van der Waals surface area contributed by atoms with Crippen molar-refractivity contribution in [3.63, 3.8) is 0 Å². The number of aromatic nitrogens is 1. The summed E-state index contributed by atoms with van der Waals surface area (Å²) in [6.07, 6.45) is 1.86. The first-order valence-electron chi connectivity index (χ1n) is 9.56. The van der Waals surface area contributed by atoms with E-state index in [-0.39, 0.29) is 17.5 Å².